The molecule has 17 heavy (non-hydrogen) atoms. The summed E-state index contributed by atoms with van der Waals surface area (Å²) in [7, 11) is 1.84. The lowest BCUT2D eigenvalue weighted by Gasteiger charge is -2.31. The maximum absolute atomic E-state index is 12.3. The highest BCUT2D eigenvalue weighted by atomic mass is 16.2. The Hall–Kier alpha value is -1.58. The molecule has 1 aromatic heterocycles. The van der Waals surface area contributed by atoms with Crippen molar-refractivity contribution < 1.29 is 4.79 Å². The van der Waals surface area contributed by atoms with Gasteiger partial charge in [-0.05, 0) is 38.8 Å². The molecule has 0 unspecified atom stereocenters. The van der Waals surface area contributed by atoms with E-state index in [2.05, 4.69) is 24.1 Å². The van der Waals surface area contributed by atoms with Crippen molar-refractivity contribution in [3.63, 3.8) is 0 Å². The number of likely N-dealkylation sites (tertiary alicyclic amines) is 1. The summed E-state index contributed by atoms with van der Waals surface area (Å²) in [6.45, 7) is 5.06. The largest absolute Gasteiger partial charge is 0.387 e. The smallest absolute Gasteiger partial charge is 0.272 e. The van der Waals surface area contributed by atoms with Crippen LogP contribution in [-0.2, 0) is 0 Å². The molecule has 92 valence electrons. The Bertz CT molecular complexity index is 411. The van der Waals surface area contributed by atoms with Crippen LogP contribution in [0.2, 0.25) is 0 Å². The Morgan fingerprint density at radius 2 is 2.24 bits per heavy atom. The van der Waals surface area contributed by atoms with Crippen LogP contribution in [0.4, 0.5) is 5.69 Å². The Labute approximate surface area is 102 Å². The zero-order valence-electron chi connectivity index (χ0n) is 10.7. The van der Waals surface area contributed by atoms with Crippen molar-refractivity contribution in [1.29, 1.82) is 0 Å². The number of carbonyl (C=O) groups is 1. The van der Waals surface area contributed by atoms with Crippen LogP contribution in [0, 0.1) is 0 Å². The molecule has 2 heterocycles. The van der Waals surface area contributed by atoms with Crippen LogP contribution in [0.15, 0.2) is 18.3 Å². The maximum Gasteiger partial charge on any atom is 0.272 e. The fourth-order valence-electron chi connectivity index (χ4n) is 2.29. The van der Waals surface area contributed by atoms with Gasteiger partial charge in [-0.15, -0.1) is 0 Å². The summed E-state index contributed by atoms with van der Waals surface area (Å²) < 4.78 is 0. The SMILES string of the molecule is CNc1ccc(C(=O)N2CCCC2(C)C)nc1. The fourth-order valence-corrected chi connectivity index (χ4v) is 2.29. The van der Waals surface area contributed by atoms with Crippen molar-refractivity contribution in [1.82, 2.24) is 9.88 Å². The minimum absolute atomic E-state index is 0.0372. The first-order valence-corrected chi connectivity index (χ1v) is 6.00. The summed E-state index contributed by atoms with van der Waals surface area (Å²) >= 11 is 0. The van der Waals surface area contributed by atoms with Gasteiger partial charge in [-0.25, -0.2) is 4.98 Å². The van der Waals surface area contributed by atoms with Gasteiger partial charge >= 0.3 is 0 Å². The Balaban J connectivity index is 2.19. The average molecular weight is 233 g/mol. The summed E-state index contributed by atoms with van der Waals surface area (Å²) in [6, 6.07) is 3.66. The second-order valence-electron chi connectivity index (χ2n) is 5.05. The first kappa shape index (κ1) is 11.9. The molecule has 0 aromatic carbocycles. The summed E-state index contributed by atoms with van der Waals surface area (Å²) in [5.74, 6) is 0.0372. The molecule has 0 radical (unpaired) electrons. The fraction of sp³-hybridized carbons (Fsp3) is 0.538. The molecule has 1 fully saturated rings. The lowest BCUT2D eigenvalue weighted by atomic mass is 10.0. The molecule has 1 N–H and O–H groups in total. The van der Waals surface area contributed by atoms with E-state index in [1.807, 2.05) is 18.0 Å². The van der Waals surface area contributed by atoms with E-state index in [1.165, 1.54) is 0 Å². The van der Waals surface area contributed by atoms with Gasteiger partial charge in [0.05, 0.1) is 11.9 Å². The monoisotopic (exact) mass is 233 g/mol. The van der Waals surface area contributed by atoms with Crippen molar-refractivity contribution >= 4 is 11.6 Å². The molecule has 1 aliphatic heterocycles. The third kappa shape index (κ3) is 2.25. The van der Waals surface area contributed by atoms with E-state index >= 15 is 0 Å². The predicted octanol–water partition coefficient (Wildman–Crippen LogP) is 2.14. The number of carbonyl (C=O) groups excluding carboxylic acids is 1. The lowest BCUT2D eigenvalue weighted by Crippen LogP contribution is -2.42. The first-order valence-electron chi connectivity index (χ1n) is 6.00. The summed E-state index contributed by atoms with van der Waals surface area (Å²) in [6.07, 6.45) is 3.83. The van der Waals surface area contributed by atoms with E-state index in [0.29, 0.717) is 5.69 Å². The summed E-state index contributed by atoms with van der Waals surface area (Å²) in [4.78, 5) is 18.4. The number of aromatic nitrogens is 1. The molecule has 0 aliphatic carbocycles. The molecule has 4 heteroatoms. The normalized spacial score (nSPS) is 18.2. The molecule has 4 nitrogen and oxygen atoms in total. The minimum atomic E-state index is -0.0412. The first-order chi connectivity index (χ1) is 8.04. The van der Waals surface area contributed by atoms with E-state index in [0.717, 1.165) is 25.1 Å². The number of amides is 1. The predicted molar refractivity (Wildman–Crippen MR) is 68.1 cm³/mol. The van der Waals surface area contributed by atoms with Crippen LogP contribution in [-0.4, -0.2) is 34.9 Å². The number of rotatable bonds is 2. The zero-order valence-corrected chi connectivity index (χ0v) is 10.7. The van der Waals surface area contributed by atoms with E-state index in [1.54, 1.807) is 12.3 Å². The van der Waals surface area contributed by atoms with Crippen molar-refractivity contribution in [3.05, 3.63) is 24.0 Å². The van der Waals surface area contributed by atoms with Gasteiger partial charge in [-0.2, -0.15) is 0 Å². The van der Waals surface area contributed by atoms with Crippen molar-refractivity contribution in [2.75, 3.05) is 18.9 Å². The van der Waals surface area contributed by atoms with E-state index < -0.39 is 0 Å². The van der Waals surface area contributed by atoms with Gasteiger partial charge in [-0.3, -0.25) is 4.79 Å². The highest BCUT2D eigenvalue weighted by Gasteiger charge is 2.36. The second kappa shape index (κ2) is 4.35. The lowest BCUT2D eigenvalue weighted by molar-refractivity contribution is 0.0646. The van der Waals surface area contributed by atoms with Crippen LogP contribution < -0.4 is 5.32 Å². The van der Waals surface area contributed by atoms with E-state index in [4.69, 9.17) is 0 Å². The number of hydrogen-bond acceptors (Lipinski definition) is 3. The standard InChI is InChI=1S/C13H19N3O/c1-13(2)7-4-8-16(13)12(17)11-6-5-10(14-3)9-15-11/h5-6,9,14H,4,7-8H2,1-3H3. The molecular weight excluding hydrogens is 214 g/mol. The van der Waals surface area contributed by atoms with Crippen molar-refractivity contribution in [2.24, 2.45) is 0 Å². The molecular formula is C13H19N3O. The molecule has 1 aromatic rings. The Morgan fingerprint density at radius 3 is 2.71 bits per heavy atom. The molecule has 0 bridgehead atoms. The second-order valence-corrected chi connectivity index (χ2v) is 5.05. The van der Waals surface area contributed by atoms with Crippen molar-refractivity contribution in [2.45, 2.75) is 32.2 Å². The van der Waals surface area contributed by atoms with Crippen molar-refractivity contribution in [3.8, 4) is 0 Å². The number of pyridine rings is 1. The van der Waals surface area contributed by atoms with Gasteiger partial charge in [0.2, 0.25) is 0 Å². The van der Waals surface area contributed by atoms with E-state index in [9.17, 15) is 4.79 Å². The van der Waals surface area contributed by atoms with Gasteiger partial charge < -0.3 is 10.2 Å². The molecule has 1 amide bonds. The van der Waals surface area contributed by atoms with Gasteiger partial charge in [-0.1, -0.05) is 0 Å². The van der Waals surface area contributed by atoms with Crippen LogP contribution in [0.25, 0.3) is 0 Å². The molecule has 0 spiro atoms. The number of nitrogens with one attached hydrogen (secondary N) is 1. The summed E-state index contributed by atoms with van der Waals surface area (Å²) in [5, 5.41) is 2.99. The number of hydrogen-bond donors (Lipinski definition) is 1. The minimum Gasteiger partial charge on any atom is -0.387 e. The third-order valence-electron chi connectivity index (χ3n) is 3.42. The maximum atomic E-state index is 12.3. The van der Waals surface area contributed by atoms with Crippen LogP contribution in [0.3, 0.4) is 0 Å². The van der Waals surface area contributed by atoms with Crippen LogP contribution >= 0.6 is 0 Å². The molecule has 1 aliphatic rings. The van der Waals surface area contributed by atoms with Crippen LogP contribution in [0.1, 0.15) is 37.2 Å². The molecule has 0 atom stereocenters. The van der Waals surface area contributed by atoms with Crippen LogP contribution in [0.5, 0.6) is 0 Å². The van der Waals surface area contributed by atoms with Gasteiger partial charge in [0.1, 0.15) is 5.69 Å². The van der Waals surface area contributed by atoms with Gasteiger partial charge in [0.15, 0.2) is 0 Å². The quantitative estimate of drug-likeness (QED) is 0.851. The zero-order chi connectivity index (χ0) is 12.5. The number of nitrogens with zero attached hydrogens (tertiary/aromatic N) is 2. The molecule has 2 rings (SSSR count). The Morgan fingerprint density at radius 1 is 1.47 bits per heavy atom. The summed E-state index contributed by atoms with van der Waals surface area (Å²) in [5.41, 5.74) is 1.40. The Kier molecular flexibility index (Phi) is 3.05. The van der Waals surface area contributed by atoms with Gasteiger partial charge in [0, 0.05) is 19.1 Å². The highest BCUT2D eigenvalue weighted by molar-refractivity contribution is 5.93. The average Bonchev–Trinajstić information content (AvgIpc) is 2.68. The molecule has 1 saturated heterocycles. The highest BCUT2D eigenvalue weighted by Crippen LogP contribution is 2.29. The van der Waals surface area contributed by atoms with E-state index in [-0.39, 0.29) is 11.4 Å². The number of anilines is 1. The third-order valence-corrected chi connectivity index (χ3v) is 3.42. The molecule has 0 saturated carbocycles. The topological polar surface area (TPSA) is 45.2 Å². The van der Waals surface area contributed by atoms with Gasteiger partial charge in [0.25, 0.3) is 5.91 Å².